The molecule has 5 rings (SSSR count). The molecule has 4 fully saturated rings. The van der Waals surface area contributed by atoms with Gasteiger partial charge < -0.3 is 14.6 Å². The summed E-state index contributed by atoms with van der Waals surface area (Å²) in [6, 6.07) is 2.01. The Hall–Kier alpha value is -1.78. The Kier molecular flexibility index (Phi) is 3.87. The summed E-state index contributed by atoms with van der Waals surface area (Å²) in [4.78, 5) is 27.8. The minimum absolute atomic E-state index is 0.0643. The van der Waals surface area contributed by atoms with Crippen LogP contribution in [0.2, 0.25) is 0 Å². The summed E-state index contributed by atoms with van der Waals surface area (Å²) in [6.45, 7) is 1.58. The molecule has 2 amide bonds. The van der Waals surface area contributed by atoms with Crippen LogP contribution in [-0.2, 0) is 4.79 Å². The largest absolute Gasteiger partial charge is 0.472 e. The van der Waals surface area contributed by atoms with E-state index in [-0.39, 0.29) is 17.2 Å². The fourth-order valence-corrected chi connectivity index (χ4v) is 6.12. The molecule has 5 nitrogen and oxygen atoms in total. The van der Waals surface area contributed by atoms with Gasteiger partial charge in [-0.15, -0.1) is 0 Å². The highest BCUT2D eigenvalue weighted by Gasteiger charge is 2.53. The predicted octanol–water partition coefficient (Wildman–Crippen LogP) is 3.22. The fraction of sp³-hybridized carbons (Fsp3) is 0.714. The van der Waals surface area contributed by atoms with Crippen molar-refractivity contribution in [3.8, 4) is 0 Å². The molecular formula is C21H28N2O3. The third-order valence-corrected chi connectivity index (χ3v) is 7.57. The fourth-order valence-electron chi connectivity index (χ4n) is 6.12. The number of likely N-dealkylation sites (tertiary alicyclic amines) is 1. The Balaban J connectivity index is 1.28. The topological polar surface area (TPSA) is 62.6 Å². The van der Waals surface area contributed by atoms with E-state index in [0.717, 1.165) is 63.3 Å². The Labute approximate surface area is 154 Å². The summed E-state index contributed by atoms with van der Waals surface area (Å²) < 4.78 is 5.02. The van der Waals surface area contributed by atoms with Gasteiger partial charge in [0.15, 0.2) is 0 Å². The highest BCUT2D eigenvalue weighted by Crippen LogP contribution is 2.55. The molecule has 140 valence electrons. The number of carbonyl (C=O) groups excluding carboxylic acids is 2. The summed E-state index contributed by atoms with van der Waals surface area (Å²) in [5, 5.41) is 3.12. The van der Waals surface area contributed by atoms with E-state index in [9.17, 15) is 9.59 Å². The Bertz CT molecular complexity index is 690. The van der Waals surface area contributed by atoms with Gasteiger partial charge in [-0.05, 0) is 62.8 Å². The van der Waals surface area contributed by atoms with E-state index in [0.29, 0.717) is 24.1 Å². The van der Waals surface area contributed by atoms with Gasteiger partial charge in [-0.2, -0.15) is 0 Å². The molecule has 0 spiro atoms. The third kappa shape index (κ3) is 2.67. The van der Waals surface area contributed by atoms with Crippen LogP contribution in [0.5, 0.6) is 0 Å². The lowest BCUT2D eigenvalue weighted by Gasteiger charge is -2.47. The second kappa shape index (κ2) is 6.14. The van der Waals surface area contributed by atoms with Gasteiger partial charge in [-0.3, -0.25) is 9.59 Å². The van der Waals surface area contributed by atoms with Crippen molar-refractivity contribution in [2.75, 3.05) is 13.1 Å². The first kappa shape index (κ1) is 16.4. The van der Waals surface area contributed by atoms with Crippen molar-refractivity contribution in [2.24, 2.45) is 23.2 Å². The van der Waals surface area contributed by atoms with Crippen LogP contribution in [0, 0.1) is 23.2 Å². The molecule has 3 unspecified atom stereocenters. The average molecular weight is 356 g/mol. The highest BCUT2D eigenvalue weighted by molar-refractivity contribution is 5.93. The first-order valence-electron chi connectivity index (χ1n) is 10.3. The predicted molar refractivity (Wildman–Crippen MR) is 96.4 cm³/mol. The standard InChI is InChI=1S/C21H28N2O3/c24-19(14-4-8-26-12-14)22-13-21-5-1-3-18(21)23(7-2-6-21)20(25)17-10-15-9-16(15)11-17/h4,8,12,15-18H,1-3,5-7,9-11,13H2,(H,22,24)/t15-,16+,17?,18?,21?. The molecule has 1 aliphatic heterocycles. The van der Waals surface area contributed by atoms with E-state index in [1.807, 2.05) is 0 Å². The van der Waals surface area contributed by atoms with Gasteiger partial charge in [0.05, 0.1) is 11.8 Å². The Morgan fingerprint density at radius 2 is 2.00 bits per heavy atom. The Morgan fingerprint density at radius 1 is 1.19 bits per heavy atom. The molecule has 1 aromatic rings. The maximum atomic E-state index is 13.2. The van der Waals surface area contributed by atoms with Gasteiger partial charge in [0.1, 0.15) is 6.26 Å². The molecule has 26 heavy (non-hydrogen) atoms. The van der Waals surface area contributed by atoms with Crippen molar-refractivity contribution in [1.82, 2.24) is 10.2 Å². The van der Waals surface area contributed by atoms with E-state index in [1.165, 1.54) is 18.9 Å². The number of carbonyl (C=O) groups is 2. The zero-order valence-electron chi connectivity index (χ0n) is 15.3. The van der Waals surface area contributed by atoms with Crippen molar-refractivity contribution in [2.45, 2.75) is 57.4 Å². The van der Waals surface area contributed by atoms with E-state index in [4.69, 9.17) is 4.42 Å². The summed E-state index contributed by atoms with van der Waals surface area (Å²) in [7, 11) is 0. The van der Waals surface area contributed by atoms with E-state index in [1.54, 1.807) is 6.07 Å². The quantitative estimate of drug-likeness (QED) is 0.901. The maximum absolute atomic E-state index is 13.2. The zero-order chi connectivity index (χ0) is 17.7. The number of nitrogens with one attached hydrogen (secondary N) is 1. The maximum Gasteiger partial charge on any atom is 0.254 e. The number of hydrogen-bond acceptors (Lipinski definition) is 3. The van der Waals surface area contributed by atoms with Gasteiger partial charge in [-0.1, -0.05) is 6.42 Å². The normalized spacial score (nSPS) is 37.9. The molecule has 5 heteroatoms. The lowest BCUT2D eigenvalue weighted by molar-refractivity contribution is -0.143. The summed E-state index contributed by atoms with van der Waals surface area (Å²) >= 11 is 0. The first-order valence-corrected chi connectivity index (χ1v) is 10.3. The molecule has 0 aromatic carbocycles. The number of fused-ring (bicyclic) bond motifs is 2. The van der Waals surface area contributed by atoms with E-state index >= 15 is 0 Å². The van der Waals surface area contributed by atoms with Crippen LogP contribution >= 0.6 is 0 Å². The van der Waals surface area contributed by atoms with Crippen LogP contribution in [0.15, 0.2) is 23.0 Å². The van der Waals surface area contributed by atoms with Crippen LogP contribution in [0.3, 0.4) is 0 Å². The smallest absolute Gasteiger partial charge is 0.254 e. The zero-order valence-corrected chi connectivity index (χ0v) is 15.3. The van der Waals surface area contributed by atoms with Gasteiger partial charge in [0, 0.05) is 30.5 Å². The lowest BCUT2D eigenvalue weighted by atomic mass is 9.74. The molecule has 1 saturated heterocycles. The van der Waals surface area contributed by atoms with Crippen molar-refractivity contribution >= 4 is 11.8 Å². The minimum Gasteiger partial charge on any atom is -0.472 e. The van der Waals surface area contributed by atoms with E-state index < -0.39 is 0 Å². The first-order chi connectivity index (χ1) is 12.7. The van der Waals surface area contributed by atoms with Gasteiger partial charge in [-0.25, -0.2) is 0 Å². The Morgan fingerprint density at radius 3 is 2.77 bits per heavy atom. The monoisotopic (exact) mass is 356 g/mol. The number of amides is 2. The molecule has 2 heterocycles. The SMILES string of the molecule is O=C(NCC12CCCC1N(C(=O)C1C[C@@H]3C[C@@H]3C1)CCC2)c1ccoc1. The summed E-state index contributed by atoms with van der Waals surface area (Å²) in [5.74, 6) is 2.30. The molecule has 1 aromatic heterocycles. The number of hydrogen-bond donors (Lipinski definition) is 1. The molecule has 3 saturated carbocycles. The molecule has 3 aliphatic carbocycles. The van der Waals surface area contributed by atoms with Crippen LogP contribution < -0.4 is 5.32 Å². The van der Waals surface area contributed by atoms with Crippen molar-refractivity contribution in [3.63, 3.8) is 0 Å². The minimum atomic E-state index is -0.0712. The van der Waals surface area contributed by atoms with Crippen molar-refractivity contribution in [3.05, 3.63) is 24.2 Å². The van der Waals surface area contributed by atoms with Gasteiger partial charge in [0.25, 0.3) is 5.91 Å². The second-order valence-corrected chi connectivity index (χ2v) is 9.02. The average Bonchev–Trinajstić information content (AvgIpc) is 3.14. The molecule has 0 bridgehead atoms. The number of nitrogens with zero attached hydrogens (tertiary/aromatic N) is 1. The van der Waals surface area contributed by atoms with Gasteiger partial charge in [0.2, 0.25) is 5.91 Å². The highest BCUT2D eigenvalue weighted by atomic mass is 16.3. The van der Waals surface area contributed by atoms with Crippen molar-refractivity contribution in [1.29, 1.82) is 0 Å². The van der Waals surface area contributed by atoms with Crippen LogP contribution in [0.4, 0.5) is 0 Å². The second-order valence-electron chi connectivity index (χ2n) is 9.02. The van der Waals surface area contributed by atoms with Crippen LogP contribution in [0.1, 0.15) is 61.7 Å². The van der Waals surface area contributed by atoms with Crippen LogP contribution in [0.25, 0.3) is 0 Å². The number of furan rings is 1. The molecular weight excluding hydrogens is 328 g/mol. The number of piperidine rings is 1. The molecule has 1 N–H and O–H groups in total. The molecule has 4 aliphatic rings. The summed E-state index contributed by atoms with van der Waals surface area (Å²) in [6.07, 6.45) is 12.2. The molecule has 5 atom stereocenters. The number of rotatable bonds is 4. The van der Waals surface area contributed by atoms with E-state index in [2.05, 4.69) is 10.2 Å². The summed E-state index contributed by atoms with van der Waals surface area (Å²) in [5.41, 5.74) is 0.638. The van der Waals surface area contributed by atoms with Crippen molar-refractivity contribution < 1.29 is 14.0 Å². The van der Waals surface area contributed by atoms with Gasteiger partial charge >= 0.3 is 0 Å². The lowest BCUT2D eigenvalue weighted by Crippen LogP contribution is -2.56. The third-order valence-electron chi connectivity index (χ3n) is 7.57. The van der Waals surface area contributed by atoms with Crippen LogP contribution in [-0.4, -0.2) is 35.8 Å². The molecule has 0 radical (unpaired) electrons.